The average Bonchev–Trinajstić information content (AvgIpc) is 2.32. The Kier molecular flexibility index (Phi) is 2.91. The zero-order chi connectivity index (χ0) is 12.3. The Hall–Kier alpha value is -2.56. The van der Waals surface area contributed by atoms with E-state index in [0.29, 0.717) is 0 Å². The number of hydrogen-bond acceptors (Lipinski definition) is 3. The van der Waals surface area contributed by atoms with Crippen LogP contribution in [0.15, 0.2) is 47.4 Å². The molecule has 5 nitrogen and oxygen atoms in total. The standard InChI is InChI=1S/C12H10N2O3/c15-10-6-2-1-5-9(10)14-12(17)8-4-3-7-13-11(8)16/h1-7,15H,(H,13,16)(H,14,17). The number of hydrogen-bond donors (Lipinski definition) is 3. The van der Waals surface area contributed by atoms with E-state index in [1.165, 1.54) is 18.3 Å². The number of rotatable bonds is 2. The van der Waals surface area contributed by atoms with Gasteiger partial charge >= 0.3 is 0 Å². The van der Waals surface area contributed by atoms with Crippen molar-refractivity contribution in [1.29, 1.82) is 0 Å². The van der Waals surface area contributed by atoms with E-state index < -0.39 is 11.5 Å². The summed E-state index contributed by atoms with van der Waals surface area (Å²) in [4.78, 5) is 25.5. The number of phenols is 1. The first-order valence-corrected chi connectivity index (χ1v) is 4.95. The molecular formula is C12H10N2O3. The number of H-pyrrole nitrogens is 1. The number of benzene rings is 1. The van der Waals surface area contributed by atoms with Gasteiger partial charge in [-0.25, -0.2) is 0 Å². The zero-order valence-corrected chi connectivity index (χ0v) is 8.81. The summed E-state index contributed by atoms with van der Waals surface area (Å²) >= 11 is 0. The Labute approximate surface area is 96.7 Å². The van der Waals surface area contributed by atoms with Gasteiger partial charge in [-0.05, 0) is 24.3 Å². The van der Waals surface area contributed by atoms with E-state index >= 15 is 0 Å². The number of anilines is 1. The van der Waals surface area contributed by atoms with Crippen LogP contribution in [0.1, 0.15) is 10.4 Å². The molecule has 1 amide bonds. The van der Waals surface area contributed by atoms with E-state index in [1.807, 2.05) is 0 Å². The summed E-state index contributed by atoms with van der Waals surface area (Å²) in [5, 5.41) is 11.9. The number of aromatic amines is 1. The second-order valence-electron chi connectivity index (χ2n) is 3.38. The monoisotopic (exact) mass is 230 g/mol. The van der Waals surface area contributed by atoms with Gasteiger partial charge in [0, 0.05) is 6.20 Å². The molecule has 0 saturated heterocycles. The summed E-state index contributed by atoms with van der Waals surface area (Å²) < 4.78 is 0. The van der Waals surface area contributed by atoms with Crippen molar-refractivity contribution >= 4 is 11.6 Å². The molecule has 0 aliphatic rings. The number of nitrogens with one attached hydrogen (secondary N) is 2. The van der Waals surface area contributed by atoms with Crippen LogP contribution in [0.2, 0.25) is 0 Å². The van der Waals surface area contributed by atoms with Crippen molar-refractivity contribution in [3.63, 3.8) is 0 Å². The first-order chi connectivity index (χ1) is 8.18. The lowest BCUT2D eigenvalue weighted by atomic mass is 10.2. The van der Waals surface area contributed by atoms with Crippen molar-refractivity contribution in [3.8, 4) is 5.75 Å². The van der Waals surface area contributed by atoms with Gasteiger partial charge in [0.05, 0.1) is 5.69 Å². The van der Waals surface area contributed by atoms with Gasteiger partial charge in [-0.3, -0.25) is 9.59 Å². The van der Waals surface area contributed by atoms with Crippen molar-refractivity contribution < 1.29 is 9.90 Å². The maximum Gasteiger partial charge on any atom is 0.261 e. The third-order valence-electron chi connectivity index (χ3n) is 2.22. The van der Waals surface area contributed by atoms with Crippen LogP contribution >= 0.6 is 0 Å². The van der Waals surface area contributed by atoms with Gasteiger partial charge in [0.2, 0.25) is 0 Å². The fourth-order valence-corrected chi connectivity index (χ4v) is 1.37. The number of pyridine rings is 1. The summed E-state index contributed by atoms with van der Waals surface area (Å²) in [7, 11) is 0. The van der Waals surface area contributed by atoms with Crippen LogP contribution < -0.4 is 10.9 Å². The Morgan fingerprint density at radius 1 is 1.18 bits per heavy atom. The number of carbonyl (C=O) groups is 1. The van der Waals surface area contributed by atoms with Gasteiger partial charge in [-0.2, -0.15) is 0 Å². The second kappa shape index (κ2) is 4.52. The lowest BCUT2D eigenvalue weighted by Crippen LogP contribution is -2.22. The largest absolute Gasteiger partial charge is 0.506 e. The molecule has 0 unspecified atom stereocenters. The highest BCUT2D eigenvalue weighted by molar-refractivity contribution is 6.04. The van der Waals surface area contributed by atoms with Gasteiger partial charge in [0.1, 0.15) is 11.3 Å². The molecule has 0 spiro atoms. The van der Waals surface area contributed by atoms with Crippen LogP contribution in [0, 0.1) is 0 Å². The molecule has 0 bridgehead atoms. The van der Waals surface area contributed by atoms with Crippen LogP contribution in [-0.4, -0.2) is 16.0 Å². The average molecular weight is 230 g/mol. The highest BCUT2D eigenvalue weighted by Gasteiger charge is 2.11. The van der Waals surface area contributed by atoms with E-state index in [-0.39, 0.29) is 17.0 Å². The van der Waals surface area contributed by atoms with Crippen LogP contribution in [-0.2, 0) is 0 Å². The van der Waals surface area contributed by atoms with E-state index in [0.717, 1.165) is 0 Å². The van der Waals surface area contributed by atoms with E-state index in [2.05, 4.69) is 10.3 Å². The third kappa shape index (κ3) is 2.34. The normalized spacial score (nSPS) is 9.88. The molecule has 17 heavy (non-hydrogen) atoms. The van der Waals surface area contributed by atoms with Crippen LogP contribution in [0.25, 0.3) is 0 Å². The van der Waals surface area contributed by atoms with Crippen molar-refractivity contribution in [2.45, 2.75) is 0 Å². The fraction of sp³-hybridized carbons (Fsp3) is 0. The maximum absolute atomic E-state index is 11.7. The first-order valence-electron chi connectivity index (χ1n) is 4.95. The van der Waals surface area contributed by atoms with Gasteiger partial charge in [-0.1, -0.05) is 12.1 Å². The van der Waals surface area contributed by atoms with Crippen LogP contribution in [0.5, 0.6) is 5.75 Å². The molecular weight excluding hydrogens is 220 g/mol. The smallest absolute Gasteiger partial charge is 0.261 e. The summed E-state index contributed by atoms with van der Waals surface area (Å²) in [5.74, 6) is -0.610. The minimum absolute atomic E-state index is 0.00393. The molecule has 1 aromatic heterocycles. The lowest BCUT2D eigenvalue weighted by Gasteiger charge is -2.05. The van der Waals surface area contributed by atoms with Crippen molar-refractivity contribution in [2.24, 2.45) is 0 Å². The predicted octanol–water partition coefficient (Wildman–Crippen LogP) is 1.33. The van der Waals surface area contributed by atoms with Crippen molar-refractivity contribution in [1.82, 2.24) is 4.98 Å². The number of amides is 1. The Morgan fingerprint density at radius 2 is 1.94 bits per heavy atom. The Balaban J connectivity index is 2.27. The number of aromatic hydroxyl groups is 1. The number of aromatic nitrogens is 1. The van der Waals surface area contributed by atoms with Crippen molar-refractivity contribution in [3.05, 3.63) is 58.5 Å². The zero-order valence-electron chi connectivity index (χ0n) is 8.81. The highest BCUT2D eigenvalue weighted by atomic mass is 16.3. The van der Waals surface area contributed by atoms with E-state index in [9.17, 15) is 14.7 Å². The lowest BCUT2D eigenvalue weighted by molar-refractivity contribution is 0.102. The fourth-order valence-electron chi connectivity index (χ4n) is 1.37. The van der Waals surface area contributed by atoms with Crippen LogP contribution in [0.3, 0.4) is 0 Å². The summed E-state index contributed by atoms with van der Waals surface area (Å²) in [5.41, 5.74) is -0.211. The third-order valence-corrected chi connectivity index (χ3v) is 2.22. The molecule has 0 atom stereocenters. The molecule has 0 radical (unpaired) electrons. The van der Waals surface area contributed by atoms with Crippen molar-refractivity contribution in [2.75, 3.05) is 5.32 Å². The molecule has 2 rings (SSSR count). The molecule has 0 fully saturated rings. The highest BCUT2D eigenvalue weighted by Crippen LogP contribution is 2.21. The maximum atomic E-state index is 11.7. The molecule has 2 aromatic rings. The van der Waals surface area contributed by atoms with Gasteiger partial charge in [0.25, 0.3) is 11.5 Å². The Bertz CT molecular complexity index is 604. The Morgan fingerprint density at radius 3 is 2.65 bits per heavy atom. The minimum Gasteiger partial charge on any atom is -0.506 e. The molecule has 5 heteroatoms. The summed E-state index contributed by atoms with van der Waals surface area (Å²) in [6, 6.07) is 9.27. The van der Waals surface area contributed by atoms with Gasteiger partial charge in [-0.15, -0.1) is 0 Å². The topological polar surface area (TPSA) is 82.2 Å². The quantitative estimate of drug-likeness (QED) is 0.681. The minimum atomic E-state index is -0.562. The number of carbonyl (C=O) groups excluding carboxylic acids is 1. The SMILES string of the molecule is O=C(Nc1ccccc1O)c1ccc[nH]c1=O. The molecule has 0 aliphatic heterocycles. The number of para-hydroxylation sites is 2. The molecule has 1 heterocycles. The molecule has 3 N–H and O–H groups in total. The first kappa shape index (κ1) is 10.9. The number of phenolic OH excluding ortho intramolecular Hbond substituents is 1. The summed E-state index contributed by atoms with van der Waals surface area (Å²) in [6.45, 7) is 0. The predicted molar refractivity (Wildman–Crippen MR) is 63.1 cm³/mol. The van der Waals surface area contributed by atoms with Gasteiger partial charge in [0.15, 0.2) is 0 Å². The van der Waals surface area contributed by atoms with E-state index in [4.69, 9.17) is 0 Å². The molecule has 0 saturated carbocycles. The second-order valence-corrected chi connectivity index (χ2v) is 3.38. The molecule has 1 aromatic carbocycles. The van der Waals surface area contributed by atoms with Gasteiger partial charge < -0.3 is 15.4 Å². The van der Waals surface area contributed by atoms with Crippen LogP contribution in [0.4, 0.5) is 5.69 Å². The van der Waals surface area contributed by atoms with E-state index in [1.54, 1.807) is 24.3 Å². The molecule has 0 aliphatic carbocycles. The molecule has 86 valence electrons. The summed E-state index contributed by atoms with van der Waals surface area (Å²) in [6.07, 6.45) is 1.44.